The molecular formula is C51H75ClOY30-10. The van der Waals surface area contributed by atoms with Crippen LogP contribution >= 0.6 is 11.6 Å². The van der Waals surface area contributed by atoms with Gasteiger partial charge in [-0.25, -0.2) is 0 Å². The summed E-state index contributed by atoms with van der Waals surface area (Å²) >= 11 is 6.56. The largest absolute Gasteiger partial charge is 0.501 e. The van der Waals surface area contributed by atoms with Gasteiger partial charge >= 0.3 is 0 Å². The molecule has 0 heterocycles. The Kier molecular flexibility index (Phi) is 353. The van der Waals surface area contributed by atoms with Crippen molar-refractivity contribution in [3.8, 4) is 0 Å². The van der Waals surface area contributed by atoms with E-state index in [1.165, 1.54) is 38.5 Å². The minimum absolute atomic E-state index is 0. The number of rotatable bonds is 27. The maximum atomic E-state index is 9.68. The van der Waals surface area contributed by atoms with Crippen LogP contribution in [0.15, 0.2) is 36.5 Å². The Morgan fingerprint density at radius 2 is 0.590 bits per heavy atom. The molecule has 10 atom stereocenters. The van der Waals surface area contributed by atoms with Gasteiger partial charge < -0.3 is 67.2 Å². The Morgan fingerprint density at radius 3 is 0.880 bits per heavy atom. The fourth-order valence-electron chi connectivity index (χ4n) is 9.09. The Labute approximate surface area is 1280 Å². The first kappa shape index (κ1) is 197. The van der Waals surface area contributed by atoms with Crippen molar-refractivity contribution >= 4 is 11.6 Å². The van der Waals surface area contributed by atoms with Crippen LogP contribution in [0.5, 0.6) is 0 Å². The van der Waals surface area contributed by atoms with Crippen LogP contribution in [0.2, 0.25) is 0 Å². The third-order valence-corrected chi connectivity index (χ3v) is 12.5. The quantitative estimate of drug-likeness (QED) is 0.0494. The molecule has 4 rings (SSSR count). The van der Waals surface area contributed by atoms with Crippen LogP contribution in [0.25, 0.3) is 0 Å². The normalized spacial score (nSPS) is 19.7. The fourth-order valence-corrected chi connectivity index (χ4v) is 9.66. The summed E-state index contributed by atoms with van der Waals surface area (Å²) in [5.41, 5.74) is 0. The van der Waals surface area contributed by atoms with Gasteiger partial charge in [0.25, 0.3) is 0 Å². The van der Waals surface area contributed by atoms with E-state index >= 15 is 0 Å². The Morgan fingerprint density at radius 1 is 0.337 bits per heavy atom. The maximum absolute atomic E-state index is 9.68. The zero-order valence-electron chi connectivity index (χ0n) is 51.5. The molecule has 0 amide bonds. The average molecular weight is 3410 g/mol. The summed E-state index contributed by atoms with van der Waals surface area (Å²) < 4.78 is 0. The molecule has 10 unspecified atom stereocenters. The minimum atomic E-state index is 0. The second-order valence-corrected chi connectivity index (χ2v) is 16.1. The molecule has 0 aromatic carbocycles. The first-order valence-electron chi connectivity index (χ1n) is 22.0. The van der Waals surface area contributed by atoms with Gasteiger partial charge in [-0.1, -0.05) is 97.8 Å². The van der Waals surface area contributed by atoms with Gasteiger partial charge in [-0.05, 0) is 23.7 Å². The van der Waals surface area contributed by atoms with Crippen molar-refractivity contribution in [2.75, 3.05) is 6.61 Å². The number of hydrogen-bond acceptors (Lipinski definition) is 1. The van der Waals surface area contributed by atoms with Crippen LogP contribution in [0, 0.1) is 115 Å². The van der Waals surface area contributed by atoms with E-state index in [0.29, 0.717) is 35.7 Å². The van der Waals surface area contributed by atoms with Crippen LogP contribution in [0.3, 0.4) is 0 Å². The Bertz CT molecular complexity index is 1150. The number of halogens is 1. The summed E-state index contributed by atoms with van der Waals surface area (Å²) in [5.74, 6) is 6.45. The monoisotopic (exact) mass is 3410 g/mol. The molecule has 392 valence electrons. The van der Waals surface area contributed by atoms with Crippen molar-refractivity contribution in [2.45, 2.75) is 161 Å². The first-order valence-corrected chi connectivity index (χ1v) is 22.4. The SMILES string of the molecule is CC[C-]=CCC[C-]=CCC[CH-]C1C([CH-]CCC=[C-]CC)CCC2C(CO)C12.CC[C-]=CCC[C-]=CCC[CH-]C1C([CH-]CCC=[C-]CC)CCC2C(Cl)C12.[Y].[Y].[Y].[Y].[Y].[Y].[Y].[Y].[Y].[Y].[Y].[Y].[Y].[Y].[Y].[Y].[Y].[Y].[Y].[Y].[Y].[Y].[Y].[Y].[Y].[Y].[Y].[Y].[Y].[Y]. The van der Waals surface area contributed by atoms with Crippen LogP contribution in [-0.2, 0) is 981 Å². The van der Waals surface area contributed by atoms with E-state index in [1.54, 1.807) is 0 Å². The predicted molar refractivity (Wildman–Crippen MR) is 227 cm³/mol. The molecule has 4 aliphatic carbocycles. The molecule has 0 aliphatic heterocycles. The molecule has 1 nitrogen and oxygen atoms in total. The molecule has 4 fully saturated rings. The van der Waals surface area contributed by atoms with Gasteiger partial charge in [-0.2, -0.15) is 87.9 Å². The molecule has 1 N–H and O–H groups in total. The van der Waals surface area contributed by atoms with Crippen molar-refractivity contribution in [3.05, 3.63) is 98.6 Å². The molecule has 0 spiro atoms. The molecule has 4 aliphatic rings. The van der Waals surface area contributed by atoms with Gasteiger partial charge in [0.15, 0.2) is 0 Å². The van der Waals surface area contributed by atoms with Crippen molar-refractivity contribution < 1.29 is 986 Å². The number of aliphatic hydroxyl groups excluding tert-OH is 1. The van der Waals surface area contributed by atoms with Gasteiger partial charge in [-0.3, -0.25) is 36.5 Å². The molecule has 30 radical (unpaired) electrons. The van der Waals surface area contributed by atoms with Crippen LogP contribution in [0.1, 0.15) is 156 Å². The fraction of sp³-hybridized carbons (Fsp3) is 0.686. The summed E-state index contributed by atoms with van der Waals surface area (Å²) in [6.45, 7) is 8.91. The van der Waals surface area contributed by atoms with Crippen LogP contribution in [0.4, 0.5) is 0 Å². The maximum Gasteiger partial charge on any atom is 0.0463 e. The number of fused-ring (bicyclic) bond motifs is 2. The van der Waals surface area contributed by atoms with Gasteiger partial charge in [0, 0.05) is 993 Å². The number of unbranched alkanes of at least 4 members (excludes halogenated alkanes) is 6. The van der Waals surface area contributed by atoms with Gasteiger partial charge in [-0.15, -0.1) is 11.6 Å². The zero-order chi connectivity index (χ0) is 37.9. The van der Waals surface area contributed by atoms with Gasteiger partial charge in [0.05, 0.1) is 0 Å². The van der Waals surface area contributed by atoms with Crippen molar-refractivity contribution in [3.63, 3.8) is 0 Å². The van der Waals surface area contributed by atoms with Gasteiger partial charge in [0.1, 0.15) is 0 Å². The van der Waals surface area contributed by atoms with E-state index in [-0.39, 0.29) is 981 Å². The smallest absolute Gasteiger partial charge is 0.0463 e. The standard InChI is InChI=1S/C26H39O.C25H36Cl.30Y/c1-3-5-7-9-10-11-12-14-16-18-23-22(17-15-13-8-6-4-2)19-20-24-25(21-27)26(23)24;1-3-5-7-9-10-11-12-14-16-18-22-21(17-15-13-8-6-4-2)19-20-23-24(22)25(23)26;;;;;;;;;;;;;;;;;;;;;;;;;;;;;;/h7-8,12,17-18,22-27H,3-4,9-10,13-16,19-21H2,1-2H3;7-8,12,17-18,21-25H,3-4,9-10,13-16,19-20H2,1-2H3;;;;;;;;;;;;;;;;;;;;;;;;;;;;;;/q2*-5;;;;;;;;;;;;;;;;;;;;;;;;;;;;;;. The minimum Gasteiger partial charge on any atom is -0.501 e. The second kappa shape index (κ2) is 148. The van der Waals surface area contributed by atoms with Crippen molar-refractivity contribution in [1.82, 2.24) is 0 Å². The number of allylic oxidation sites excluding steroid dienone is 12. The van der Waals surface area contributed by atoms with Crippen molar-refractivity contribution in [2.24, 2.45) is 53.3 Å². The van der Waals surface area contributed by atoms with Gasteiger partial charge in [0.2, 0.25) is 0 Å². The van der Waals surface area contributed by atoms with Crippen LogP contribution < -0.4 is 0 Å². The van der Waals surface area contributed by atoms with E-state index in [9.17, 15) is 5.11 Å². The zero-order valence-corrected chi connectivity index (χ0v) is 137. The Balaban J connectivity index is -0.0000000206. The van der Waals surface area contributed by atoms with E-state index in [0.717, 1.165) is 119 Å². The van der Waals surface area contributed by atoms with E-state index in [4.69, 9.17) is 11.6 Å². The summed E-state index contributed by atoms with van der Waals surface area (Å²) in [7, 11) is 0. The second-order valence-electron chi connectivity index (χ2n) is 15.6. The topological polar surface area (TPSA) is 20.2 Å². The van der Waals surface area contributed by atoms with Crippen molar-refractivity contribution in [1.29, 1.82) is 0 Å². The average Bonchev–Trinajstić information content (AvgIpc) is 4.07. The number of alkyl halides is 1. The third-order valence-electron chi connectivity index (χ3n) is 11.9. The molecule has 0 bridgehead atoms. The first-order chi connectivity index (χ1) is 26.1. The van der Waals surface area contributed by atoms with Crippen LogP contribution in [-0.4, -0.2) is 17.1 Å². The molecular weight excluding hydrogens is 3330 g/mol. The molecule has 32 heteroatoms. The summed E-state index contributed by atoms with van der Waals surface area (Å²) in [4.78, 5) is 0. The third kappa shape index (κ3) is 106. The summed E-state index contributed by atoms with van der Waals surface area (Å²) in [5, 5.41) is 10.1. The molecule has 0 aromatic heterocycles. The summed E-state index contributed by atoms with van der Waals surface area (Å²) in [6, 6.07) is 0. The molecule has 0 saturated heterocycles. The van der Waals surface area contributed by atoms with E-state index in [1.807, 2.05) is 0 Å². The number of aliphatic hydroxyl groups is 1. The number of hydrogen-bond donors (Lipinski definition) is 1. The van der Waals surface area contributed by atoms with E-state index in [2.05, 4.69) is 126 Å². The van der Waals surface area contributed by atoms with E-state index < -0.39 is 0 Å². The molecule has 0 aromatic rings. The summed E-state index contributed by atoms with van der Waals surface area (Å²) in [6.07, 6.45) is 65.9. The Hall–Kier alpha value is 31.8. The molecule has 83 heavy (non-hydrogen) atoms. The molecule has 4 saturated carbocycles. The predicted octanol–water partition coefficient (Wildman–Crippen LogP) is 14.0.